The predicted octanol–water partition coefficient (Wildman–Crippen LogP) is -0.873. The van der Waals surface area contributed by atoms with Crippen LogP contribution in [0.5, 0.6) is 0 Å². The van der Waals surface area contributed by atoms with Gasteiger partial charge in [0.25, 0.3) is 0 Å². The number of benzene rings is 1. The van der Waals surface area contributed by atoms with Crippen molar-refractivity contribution in [3.63, 3.8) is 0 Å². The Morgan fingerprint density at radius 3 is 2.20 bits per heavy atom. The van der Waals surface area contributed by atoms with Crippen molar-refractivity contribution in [3.8, 4) is 0 Å². The first-order valence-electron chi connectivity index (χ1n) is 5.75. The summed E-state index contributed by atoms with van der Waals surface area (Å²) >= 11 is 0. The standard InChI is InChI=1S/C12H17N3O4S/c1-20(18,19)8-12(17)15(7-11(14)16)6-9-2-4-10(13)5-3-9/h2-5H,6-8,13H2,1H3,(H2,14,16). The fourth-order valence-corrected chi connectivity index (χ4v) is 2.21. The average Bonchev–Trinajstić information content (AvgIpc) is 2.28. The van der Waals surface area contributed by atoms with E-state index in [1.54, 1.807) is 24.3 Å². The summed E-state index contributed by atoms with van der Waals surface area (Å²) in [7, 11) is -3.47. The molecule has 0 aromatic heterocycles. The van der Waals surface area contributed by atoms with Gasteiger partial charge < -0.3 is 16.4 Å². The zero-order valence-electron chi connectivity index (χ0n) is 11.1. The molecule has 0 saturated carbocycles. The zero-order valence-corrected chi connectivity index (χ0v) is 11.9. The highest BCUT2D eigenvalue weighted by molar-refractivity contribution is 7.91. The molecule has 0 fully saturated rings. The number of carbonyl (C=O) groups is 2. The molecular formula is C12H17N3O4S. The lowest BCUT2D eigenvalue weighted by molar-refractivity contribution is -0.133. The minimum absolute atomic E-state index is 0.0948. The van der Waals surface area contributed by atoms with Gasteiger partial charge in [0.2, 0.25) is 11.8 Å². The van der Waals surface area contributed by atoms with Gasteiger partial charge in [0.15, 0.2) is 9.84 Å². The topological polar surface area (TPSA) is 124 Å². The van der Waals surface area contributed by atoms with E-state index in [1.807, 2.05) is 0 Å². The molecule has 0 aliphatic heterocycles. The first-order valence-corrected chi connectivity index (χ1v) is 7.81. The third kappa shape index (κ3) is 5.70. The lowest BCUT2D eigenvalue weighted by Crippen LogP contribution is -2.40. The van der Waals surface area contributed by atoms with Gasteiger partial charge in [0, 0.05) is 18.5 Å². The maximum atomic E-state index is 11.9. The molecule has 0 aliphatic carbocycles. The average molecular weight is 299 g/mol. The van der Waals surface area contributed by atoms with E-state index in [-0.39, 0.29) is 13.1 Å². The van der Waals surface area contributed by atoms with Gasteiger partial charge >= 0.3 is 0 Å². The third-order valence-electron chi connectivity index (χ3n) is 2.44. The molecule has 0 spiro atoms. The molecule has 0 heterocycles. The first kappa shape index (κ1) is 16.0. The van der Waals surface area contributed by atoms with Crippen molar-refractivity contribution < 1.29 is 18.0 Å². The number of hydrogen-bond acceptors (Lipinski definition) is 5. The van der Waals surface area contributed by atoms with E-state index in [0.717, 1.165) is 16.7 Å². The highest BCUT2D eigenvalue weighted by Gasteiger charge is 2.20. The lowest BCUT2D eigenvalue weighted by atomic mass is 10.2. The Kier molecular flexibility index (Phi) is 5.09. The quantitative estimate of drug-likeness (QED) is 0.661. The van der Waals surface area contributed by atoms with E-state index in [2.05, 4.69) is 0 Å². The van der Waals surface area contributed by atoms with Crippen LogP contribution in [-0.2, 0) is 26.0 Å². The van der Waals surface area contributed by atoms with Crippen molar-refractivity contribution in [2.75, 3.05) is 24.3 Å². The molecule has 0 saturated heterocycles. The highest BCUT2D eigenvalue weighted by Crippen LogP contribution is 2.09. The molecule has 0 bridgehead atoms. The molecular weight excluding hydrogens is 282 g/mol. The van der Waals surface area contributed by atoms with Crippen LogP contribution in [0.1, 0.15) is 5.56 Å². The van der Waals surface area contributed by atoms with E-state index in [0.29, 0.717) is 5.69 Å². The van der Waals surface area contributed by atoms with Crippen molar-refractivity contribution in [1.82, 2.24) is 4.90 Å². The van der Waals surface area contributed by atoms with E-state index in [1.165, 1.54) is 0 Å². The fraction of sp³-hybridized carbons (Fsp3) is 0.333. The number of amides is 2. The minimum Gasteiger partial charge on any atom is -0.399 e. The Hall–Kier alpha value is -2.09. The Morgan fingerprint density at radius 2 is 1.75 bits per heavy atom. The summed E-state index contributed by atoms with van der Waals surface area (Å²) in [5, 5.41) is 0. The monoisotopic (exact) mass is 299 g/mol. The van der Waals surface area contributed by atoms with Crippen LogP contribution < -0.4 is 11.5 Å². The van der Waals surface area contributed by atoms with Crippen LogP contribution in [0.3, 0.4) is 0 Å². The molecule has 1 aromatic rings. The fourth-order valence-electron chi connectivity index (χ4n) is 1.58. The van der Waals surface area contributed by atoms with E-state index in [9.17, 15) is 18.0 Å². The van der Waals surface area contributed by atoms with Gasteiger partial charge in [-0.05, 0) is 17.7 Å². The molecule has 8 heteroatoms. The predicted molar refractivity (Wildman–Crippen MR) is 75.2 cm³/mol. The van der Waals surface area contributed by atoms with Crippen LogP contribution in [-0.4, -0.2) is 43.7 Å². The Morgan fingerprint density at radius 1 is 1.20 bits per heavy atom. The summed E-state index contributed by atoms with van der Waals surface area (Å²) in [6.45, 7) is -0.240. The van der Waals surface area contributed by atoms with Gasteiger partial charge in [0.1, 0.15) is 5.75 Å². The second-order valence-electron chi connectivity index (χ2n) is 4.53. The van der Waals surface area contributed by atoms with Crippen molar-refractivity contribution in [1.29, 1.82) is 0 Å². The zero-order chi connectivity index (χ0) is 15.3. The van der Waals surface area contributed by atoms with Gasteiger partial charge in [-0.2, -0.15) is 0 Å². The highest BCUT2D eigenvalue weighted by atomic mass is 32.2. The number of anilines is 1. The Labute approximate surface area is 117 Å². The maximum Gasteiger partial charge on any atom is 0.238 e. The van der Waals surface area contributed by atoms with E-state index in [4.69, 9.17) is 11.5 Å². The van der Waals surface area contributed by atoms with Crippen LogP contribution in [0.4, 0.5) is 5.69 Å². The molecule has 7 nitrogen and oxygen atoms in total. The number of nitrogens with two attached hydrogens (primary N) is 2. The number of nitrogens with zero attached hydrogens (tertiary/aromatic N) is 1. The molecule has 110 valence electrons. The molecule has 2 amide bonds. The van der Waals surface area contributed by atoms with Crippen LogP contribution in [0.25, 0.3) is 0 Å². The van der Waals surface area contributed by atoms with Gasteiger partial charge in [-0.15, -0.1) is 0 Å². The van der Waals surface area contributed by atoms with Crippen molar-refractivity contribution >= 4 is 27.3 Å². The van der Waals surface area contributed by atoms with E-state index >= 15 is 0 Å². The minimum atomic E-state index is -3.47. The molecule has 0 unspecified atom stereocenters. The second-order valence-corrected chi connectivity index (χ2v) is 6.67. The summed E-state index contributed by atoms with van der Waals surface area (Å²) in [4.78, 5) is 24.0. The molecule has 0 atom stereocenters. The lowest BCUT2D eigenvalue weighted by Gasteiger charge is -2.21. The number of carbonyl (C=O) groups excluding carboxylic acids is 2. The molecule has 0 aliphatic rings. The number of rotatable bonds is 6. The van der Waals surface area contributed by atoms with Crippen LogP contribution in [0.15, 0.2) is 24.3 Å². The third-order valence-corrected chi connectivity index (χ3v) is 3.21. The van der Waals surface area contributed by atoms with Gasteiger partial charge in [-0.3, -0.25) is 9.59 Å². The maximum absolute atomic E-state index is 11.9. The number of primary amides is 1. The van der Waals surface area contributed by atoms with Crippen molar-refractivity contribution in [2.24, 2.45) is 5.73 Å². The number of nitrogen functional groups attached to an aromatic ring is 1. The summed E-state index contributed by atoms with van der Waals surface area (Å²) in [5.74, 6) is -2.03. The van der Waals surface area contributed by atoms with Gasteiger partial charge in [-0.1, -0.05) is 12.1 Å². The number of sulfone groups is 1. The normalized spacial score (nSPS) is 11.1. The Bertz CT molecular complexity index is 596. The first-order chi connectivity index (χ1) is 9.17. The van der Waals surface area contributed by atoms with Gasteiger partial charge in [-0.25, -0.2) is 8.42 Å². The SMILES string of the molecule is CS(=O)(=O)CC(=O)N(CC(N)=O)Cc1ccc(N)cc1. The summed E-state index contributed by atoms with van der Waals surface area (Å²) < 4.78 is 22.3. The molecule has 0 radical (unpaired) electrons. The summed E-state index contributed by atoms with van der Waals surface area (Å²) in [6.07, 6.45) is 0.955. The second kappa shape index (κ2) is 6.38. The molecule has 20 heavy (non-hydrogen) atoms. The van der Waals surface area contributed by atoms with Crippen molar-refractivity contribution in [2.45, 2.75) is 6.54 Å². The van der Waals surface area contributed by atoms with Crippen LogP contribution in [0.2, 0.25) is 0 Å². The Balaban J connectivity index is 2.86. The molecule has 1 rings (SSSR count). The largest absolute Gasteiger partial charge is 0.399 e. The van der Waals surface area contributed by atoms with Crippen LogP contribution in [0, 0.1) is 0 Å². The van der Waals surface area contributed by atoms with E-state index < -0.39 is 27.4 Å². The molecule has 1 aromatic carbocycles. The van der Waals surface area contributed by atoms with Crippen molar-refractivity contribution in [3.05, 3.63) is 29.8 Å². The summed E-state index contributed by atoms with van der Waals surface area (Å²) in [6, 6.07) is 6.69. The smallest absolute Gasteiger partial charge is 0.238 e. The van der Waals surface area contributed by atoms with Crippen LogP contribution >= 0.6 is 0 Å². The molecule has 4 N–H and O–H groups in total. The number of hydrogen-bond donors (Lipinski definition) is 2. The van der Waals surface area contributed by atoms with Gasteiger partial charge in [0.05, 0.1) is 6.54 Å². The summed E-state index contributed by atoms with van der Waals surface area (Å²) in [5.41, 5.74) is 11.9.